The van der Waals surface area contributed by atoms with Crippen molar-refractivity contribution in [1.29, 1.82) is 0 Å². The molecule has 3 rings (SSSR count). The standard InChI is InChI=1S/C20H25FN4O2/c1-3-13(2)23-20(27)18-24-17(16-10-6-7-11-25(16)18)19(26)22-12-14-8-4-5-9-15(14)21/h4-5,8-9,13H,3,6-7,10-12H2,1-2H3,(H,22,26)(H,23,27). The van der Waals surface area contributed by atoms with E-state index in [9.17, 15) is 14.0 Å². The highest BCUT2D eigenvalue weighted by molar-refractivity contribution is 5.97. The van der Waals surface area contributed by atoms with Crippen molar-refractivity contribution in [2.75, 3.05) is 0 Å². The van der Waals surface area contributed by atoms with Crippen LogP contribution in [0.4, 0.5) is 4.39 Å². The van der Waals surface area contributed by atoms with Crippen molar-refractivity contribution < 1.29 is 14.0 Å². The number of rotatable bonds is 6. The Hall–Kier alpha value is -2.70. The van der Waals surface area contributed by atoms with Crippen molar-refractivity contribution in [1.82, 2.24) is 20.2 Å². The molecule has 1 atom stereocenters. The van der Waals surface area contributed by atoms with E-state index >= 15 is 0 Å². The first kappa shape index (κ1) is 19.1. The number of nitrogens with one attached hydrogen (secondary N) is 2. The van der Waals surface area contributed by atoms with E-state index in [1.807, 2.05) is 18.4 Å². The average molecular weight is 372 g/mol. The van der Waals surface area contributed by atoms with Crippen LogP contribution >= 0.6 is 0 Å². The highest BCUT2D eigenvalue weighted by Gasteiger charge is 2.27. The maximum atomic E-state index is 13.8. The van der Waals surface area contributed by atoms with E-state index in [2.05, 4.69) is 15.6 Å². The van der Waals surface area contributed by atoms with Crippen molar-refractivity contribution in [3.8, 4) is 0 Å². The van der Waals surface area contributed by atoms with Crippen molar-refractivity contribution in [3.63, 3.8) is 0 Å². The molecule has 0 bridgehead atoms. The second-order valence-electron chi connectivity index (χ2n) is 6.90. The molecule has 0 saturated heterocycles. The molecule has 2 heterocycles. The molecule has 0 radical (unpaired) electrons. The second kappa shape index (κ2) is 8.33. The summed E-state index contributed by atoms with van der Waals surface area (Å²) < 4.78 is 15.6. The lowest BCUT2D eigenvalue weighted by Gasteiger charge is -2.18. The number of benzene rings is 1. The molecule has 1 aromatic heterocycles. The Morgan fingerprint density at radius 2 is 2.04 bits per heavy atom. The summed E-state index contributed by atoms with van der Waals surface area (Å²) >= 11 is 0. The highest BCUT2D eigenvalue weighted by Crippen LogP contribution is 2.21. The molecule has 0 spiro atoms. The maximum absolute atomic E-state index is 13.8. The van der Waals surface area contributed by atoms with Crippen LogP contribution in [-0.4, -0.2) is 27.4 Å². The third kappa shape index (κ3) is 4.18. The molecule has 2 aromatic rings. The van der Waals surface area contributed by atoms with E-state index in [0.29, 0.717) is 18.5 Å². The van der Waals surface area contributed by atoms with Crippen LogP contribution < -0.4 is 10.6 Å². The molecule has 1 aliphatic heterocycles. The molecule has 2 N–H and O–H groups in total. The van der Waals surface area contributed by atoms with Gasteiger partial charge in [0.25, 0.3) is 11.8 Å². The highest BCUT2D eigenvalue weighted by atomic mass is 19.1. The van der Waals surface area contributed by atoms with Gasteiger partial charge in [-0.25, -0.2) is 9.37 Å². The van der Waals surface area contributed by atoms with Crippen molar-refractivity contribution in [2.24, 2.45) is 0 Å². The van der Waals surface area contributed by atoms with Crippen LogP contribution in [0.15, 0.2) is 24.3 Å². The number of carbonyl (C=O) groups is 2. The van der Waals surface area contributed by atoms with Crippen molar-refractivity contribution in [2.45, 2.75) is 58.7 Å². The van der Waals surface area contributed by atoms with Gasteiger partial charge in [-0.1, -0.05) is 25.1 Å². The lowest BCUT2D eigenvalue weighted by atomic mass is 10.1. The Balaban J connectivity index is 1.81. The third-order valence-corrected chi connectivity index (χ3v) is 4.92. The average Bonchev–Trinajstić information content (AvgIpc) is 3.07. The Morgan fingerprint density at radius 3 is 2.78 bits per heavy atom. The van der Waals surface area contributed by atoms with Crippen LogP contribution in [0.5, 0.6) is 0 Å². The van der Waals surface area contributed by atoms with Gasteiger partial charge in [0, 0.05) is 24.7 Å². The number of imidazole rings is 1. The van der Waals surface area contributed by atoms with Gasteiger partial charge >= 0.3 is 0 Å². The summed E-state index contributed by atoms with van der Waals surface area (Å²) in [7, 11) is 0. The molecule has 144 valence electrons. The number of fused-ring (bicyclic) bond motifs is 1. The van der Waals surface area contributed by atoms with Crippen molar-refractivity contribution in [3.05, 3.63) is 52.9 Å². The first-order valence-corrected chi connectivity index (χ1v) is 9.43. The van der Waals surface area contributed by atoms with Crippen LogP contribution in [0.1, 0.15) is 65.5 Å². The zero-order chi connectivity index (χ0) is 19.4. The fourth-order valence-corrected chi connectivity index (χ4v) is 3.19. The number of amides is 2. The van der Waals surface area contributed by atoms with Gasteiger partial charge in [-0.15, -0.1) is 0 Å². The summed E-state index contributed by atoms with van der Waals surface area (Å²) in [6.07, 6.45) is 3.41. The zero-order valence-corrected chi connectivity index (χ0v) is 15.7. The molecule has 0 aliphatic carbocycles. The van der Waals surface area contributed by atoms with Gasteiger partial charge in [-0.2, -0.15) is 0 Å². The second-order valence-corrected chi connectivity index (χ2v) is 6.90. The number of aromatic nitrogens is 2. The summed E-state index contributed by atoms with van der Waals surface area (Å²) in [6.45, 7) is 4.67. The Bertz CT molecular complexity index is 847. The van der Waals surface area contributed by atoms with E-state index in [0.717, 1.165) is 25.0 Å². The number of hydrogen-bond donors (Lipinski definition) is 2. The lowest BCUT2D eigenvalue weighted by molar-refractivity contribution is 0.0923. The van der Waals surface area contributed by atoms with E-state index in [-0.39, 0.29) is 41.7 Å². The molecular weight excluding hydrogens is 347 g/mol. The summed E-state index contributed by atoms with van der Waals surface area (Å²) in [5.41, 5.74) is 1.45. The van der Waals surface area contributed by atoms with Crippen LogP contribution in [0, 0.1) is 5.82 Å². The predicted molar refractivity (Wildman–Crippen MR) is 100.0 cm³/mol. The molecule has 7 heteroatoms. The van der Waals surface area contributed by atoms with Gasteiger partial charge < -0.3 is 15.2 Å². The van der Waals surface area contributed by atoms with Gasteiger partial charge in [0.05, 0.1) is 5.69 Å². The Labute approximate surface area is 158 Å². The van der Waals surface area contributed by atoms with E-state index in [1.54, 1.807) is 18.2 Å². The summed E-state index contributed by atoms with van der Waals surface area (Å²) in [5, 5.41) is 5.63. The summed E-state index contributed by atoms with van der Waals surface area (Å²) in [5.74, 6) is -0.730. The SMILES string of the molecule is CCC(C)NC(=O)c1nc(C(=O)NCc2ccccc2F)c2n1CCCC2. The minimum Gasteiger partial charge on any atom is -0.347 e. The summed E-state index contributed by atoms with van der Waals surface area (Å²) in [4.78, 5) is 29.6. The monoisotopic (exact) mass is 372 g/mol. The van der Waals surface area contributed by atoms with Crippen molar-refractivity contribution >= 4 is 11.8 Å². The van der Waals surface area contributed by atoms with E-state index < -0.39 is 0 Å². The van der Waals surface area contributed by atoms with Crippen LogP contribution in [0.3, 0.4) is 0 Å². The number of hydrogen-bond acceptors (Lipinski definition) is 3. The normalized spacial score (nSPS) is 14.3. The Kier molecular flexibility index (Phi) is 5.88. The molecule has 27 heavy (non-hydrogen) atoms. The molecule has 1 unspecified atom stereocenters. The molecule has 1 aromatic carbocycles. The van der Waals surface area contributed by atoms with Gasteiger partial charge in [0.2, 0.25) is 0 Å². The van der Waals surface area contributed by atoms with Gasteiger partial charge in [0.15, 0.2) is 5.82 Å². The minimum atomic E-state index is -0.383. The topological polar surface area (TPSA) is 76.0 Å². The molecule has 1 aliphatic rings. The van der Waals surface area contributed by atoms with Crippen LogP contribution in [0.2, 0.25) is 0 Å². The largest absolute Gasteiger partial charge is 0.347 e. The Morgan fingerprint density at radius 1 is 1.26 bits per heavy atom. The van der Waals surface area contributed by atoms with E-state index in [4.69, 9.17) is 0 Å². The van der Waals surface area contributed by atoms with E-state index in [1.165, 1.54) is 6.07 Å². The fourth-order valence-electron chi connectivity index (χ4n) is 3.19. The van der Waals surface area contributed by atoms with Gasteiger partial charge in [-0.3, -0.25) is 9.59 Å². The molecular formula is C20H25FN4O2. The molecule has 0 fully saturated rings. The predicted octanol–water partition coefficient (Wildman–Crippen LogP) is 2.82. The number of carbonyl (C=O) groups excluding carboxylic acids is 2. The molecule has 2 amide bonds. The number of nitrogens with zero attached hydrogens (tertiary/aromatic N) is 2. The summed E-state index contributed by atoms with van der Waals surface area (Å²) in [6, 6.07) is 6.35. The quantitative estimate of drug-likeness (QED) is 0.819. The third-order valence-electron chi connectivity index (χ3n) is 4.92. The number of halogens is 1. The van der Waals surface area contributed by atoms with Crippen LogP contribution in [-0.2, 0) is 19.5 Å². The van der Waals surface area contributed by atoms with Gasteiger partial charge in [-0.05, 0) is 38.7 Å². The smallest absolute Gasteiger partial charge is 0.287 e. The first-order chi connectivity index (χ1) is 13.0. The maximum Gasteiger partial charge on any atom is 0.287 e. The van der Waals surface area contributed by atoms with Crippen LogP contribution in [0.25, 0.3) is 0 Å². The molecule has 0 saturated carbocycles. The minimum absolute atomic E-state index is 0.0346. The molecule has 6 nitrogen and oxygen atoms in total. The first-order valence-electron chi connectivity index (χ1n) is 9.43. The zero-order valence-electron chi connectivity index (χ0n) is 15.7. The fraction of sp³-hybridized carbons (Fsp3) is 0.450. The van der Waals surface area contributed by atoms with Gasteiger partial charge in [0.1, 0.15) is 11.5 Å². The lowest BCUT2D eigenvalue weighted by Crippen LogP contribution is -2.34.